The van der Waals surface area contributed by atoms with Crippen LogP contribution in [-0.2, 0) is 14.4 Å². The monoisotopic (exact) mass is 281 g/mol. The number of carboxylic acid groups (broad SMARTS) is 1. The van der Waals surface area contributed by atoms with Crippen LogP contribution < -0.4 is 0 Å². The number of aliphatic carboxylic acids is 1. The minimum absolute atomic E-state index is 0.0115. The van der Waals surface area contributed by atoms with E-state index in [-0.39, 0.29) is 35.6 Å². The molecule has 5 heteroatoms. The third-order valence-corrected chi connectivity index (χ3v) is 4.73. The van der Waals surface area contributed by atoms with Gasteiger partial charge in [-0.15, -0.1) is 0 Å². The average Bonchev–Trinajstić information content (AvgIpc) is 2.83. The van der Waals surface area contributed by atoms with Gasteiger partial charge in [-0.2, -0.15) is 0 Å². The van der Waals surface area contributed by atoms with Crippen LogP contribution in [0.4, 0.5) is 0 Å². The molecule has 0 aromatic rings. The molecule has 0 aromatic heterocycles. The van der Waals surface area contributed by atoms with E-state index in [1.807, 2.05) is 6.92 Å². The number of rotatable bonds is 6. The van der Waals surface area contributed by atoms with Crippen LogP contribution in [0.2, 0.25) is 0 Å². The summed E-state index contributed by atoms with van der Waals surface area (Å²) in [5, 5.41) is 8.84. The standard InChI is InChI=1S/C15H23NO4/c1-9(15(19)20)4-3-5-10(2)16-13(17)11-6-7-12(8-11)14(16)18/h9-12H,3-8H2,1-2H3,(H,19,20). The Labute approximate surface area is 119 Å². The molecular formula is C15H23NO4. The van der Waals surface area contributed by atoms with Crippen molar-refractivity contribution in [2.75, 3.05) is 0 Å². The Morgan fingerprint density at radius 3 is 2.25 bits per heavy atom. The SMILES string of the molecule is CC(CCCC(C)N1C(=O)C2CCC(C2)C1=O)C(=O)O. The summed E-state index contributed by atoms with van der Waals surface area (Å²) >= 11 is 0. The van der Waals surface area contributed by atoms with Crippen molar-refractivity contribution in [2.24, 2.45) is 17.8 Å². The van der Waals surface area contributed by atoms with Crippen molar-refractivity contribution in [3.8, 4) is 0 Å². The largest absolute Gasteiger partial charge is 0.481 e. The Morgan fingerprint density at radius 2 is 1.75 bits per heavy atom. The molecule has 2 amide bonds. The first-order chi connectivity index (χ1) is 9.41. The fourth-order valence-electron chi connectivity index (χ4n) is 3.34. The highest BCUT2D eigenvalue weighted by molar-refractivity contribution is 6.01. The molecule has 112 valence electrons. The molecule has 1 aliphatic carbocycles. The highest BCUT2D eigenvalue weighted by Crippen LogP contribution is 2.39. The molecule has 4 unspecified atom stereocenters. The van der Waals surface area contributed by atoms with Gasteiger partial charge in [-0.25, -0.2) is 0 Å². The number of piperidine rings is 1. The number of carbonyl (C=O) groups excluding carboxylic acids is 2. The van der Waals surface area contributed by atoms with Crippen LogP contribution in [-0.4, -0.2) is 33.8 Å². The van der Waals surface area contributed by atoms with Gasteiger partial charge in [0.25, 0.3) is 0 Å². The predicted octanol–water partition coefficient (Wildman–Crippen LogP) is 2.05. The number of amides is 2. The molecule has 1 aliphatic heterocycles. The van der Waals surface area contributed by atoms with Crippen LogP contribution in [0.15, 0.2) is 0 Å². The smallest absolute Gasteiger partial charge is 0.306 e. The molecule has 0 spiro atoms. The second-order valence-electron chi connectivity index (χ2n) is 6.27. The number of carbonyl (C=O) groups is 3. The van der Waals surface area contributed by atoms with E-state index in [4.69, 9.17) is 5.11 Å². The minimum atomic E-state index is -0.791. The van der Waals surface area contributed by atoms with Crippen LogP contribution >= 0.6 is 0 Å². The predicted molar refractivity (Wildman–Crippen MR) is 72.8 cm³/mol. The van der Waals surface area contributed by atoms with E-state index in [2.05, 4.69) is 0 Å². The number of fused-ring (bicyclic) bond motifs is 2. The molecule has 20 heavy (non-hydrogen) atoms. The van der Waals surface area contributed by atoms with Crippen molar-refractivity contribution in [1.29, 1.82) is 0 Å². The van der Waals surface area contributed by atoms with Crippen LogP contribution in [0.1, 0.15) is 52.4 Å². The molecule has 0 radical (unpaired) electrons. The van der Waals surface area contributed by atoms with Gasteiger partial charge >= 0.3 is 5.97 Å². The Bertz CT molecular complexity index is 398. The van der Waals surface area contributed by atoms with E-state index in [9.17, 15) is 14.4 Å². The number of hydrogen-bond donors (Lipinski definition) is 1. The average molecular weight is 281 g/mol. The number of nitrogens with zero attached hydrogens (tertiary/aromatic N) is 1. The molecule has 1 saturated carbocycles. The third-order valence-electron chi connectivity index (χ3n) is 4.73. The zero-order chi connectivity index (χ0) is 14.9. The lowest BCUT2D eigenvalue weighted by Gasteiger charge is -2.34. The van der Waals surface area contributed by atoms with Crippen LogP contribution in [0.5, 0.6) is 0 Å². The molecule has 2 fully saturated rings. The third kappa shape index (κ3) is 2.86. The molecule has 2 bridgehead atoms. The highest BCUT2D eigenvalue weighted by Gasteiger charge is 2.46. The van der Waals surface area contributed by atoms with Crippen LogP contribution in [0, 0.1) is 17.8 Å². The van der Waals surface area contributed by atoms with Gasteiger partial charge in [-0.05, 0) is 39.0 Å². The van der Waals surface area contributed by atoms with E-state index in [1.54, 1.807) is 6.92 Å². The maximum Gasteiger partial charge on any atom is 0.306 e. The van der Waals surface area contributed by atoms with Crippen molar-refractivity contribution in [1.82, 2.24) is 4.90 Å². The molecule has 0 aromatic carbocycles. The van der Waals surface area contributed by atoms with Gasteiger partial charge in [0.05, 0.1) is 5.92 Å². The molecule has 2 rings (SSSR count). The maximum absolute atomic E-state index is 12.3. The van der Waals surface area contributed by atoms with Crippen LogP contribution in [0.3, 0.4) is 0 Å². The molecular weight excluding hydrogens is 258 g/mol. The van der Waals surface area contributed by atoms with Crippen molar-refractivity contribution in [3.05, 3.63) is 0 Å². The summed E-state index contributed by atoms with van der Waals surface area (Å²) in [7, 11) is 0. The molecule has 5 nitrogen and oxygen atoms in total. The van der Waals surface area contributed by atoms with E-state index < -0.39 is 5.97 Å². The van der Waals surface area contributed by atoms with Crippen LogP contribution in [0.25, 0.3) is 0 Å². The fraction of sp³-hybridized carbons (Fsp3) is 0.800. The summed E-state index contributed by atoms with van der Waals surface area (Å²) in [6, 6.07) is -0.112. The topological polar surface area (TPSA) is 74.7 Å². The van der Waals surface area contributed by atoms with E-state index in [0.717, 1.165) is 25.7 Å². The normalized spacial score (nSPS) is 28.6. The second-order valence-corrected chi connectivity index (χ2v) is 6.27. The first-order valence-corrected chi connectivity index (χ1v) is 7.51. The van der Waals surface area contributed by atoms with Gasteiger partial charge in [0, 0.05) is 17.9 Å². The maximum atomic E-state index is 12.3. The molecule has 2 aliphatic rings. The lowest BCUT2D eigenvalue weighted by Crippen LogP contribution is -2.50. The Kier molecular flexibility index (Phi) is 4.45. The van der Waals surface area contributed by atoms with E-state index in [0.29, 0.717) is 12.8 Å². The minimum Gasteiger partial charge on any atom is -0.481 e. The van der Waals surface area contributed by atoms with Crippen molar-refractivity contribution in [2.45, 2.75) is 58.4 Å². The summed E-state index contributed by atoms with van der Waals surface area (Å²) in [6.45, 7) is 3.58. The second kappa shape index (κ2) is 5.94. The zero-order valence-electron chi connectivity index (χ0n) is 12.2. The Hall–Kier alpha value is -1.39. The Morgan fingerprint density at radius 1 is 1.20 bits per heavy atom. The number of likely N-dealkylation sites (tertiary alicyclic amines) is 1. The van der Waals surface area contributed by atoms with Gasteiger partial charge in [0.15, 0.2) is 0 Å². The fourth-order valence-corrected chi connectivity index (χ4v) is 3.34. The van der Waals surface area contributed by atoms with Crippen molar-refractivity contribution < 1.29 is 19.5 Å². The van der Waals surface area contributed by atoms with Gasteiger partial charge in [0.2, 0.25) is 11.8 Å². The quantitative estimate of drug-likeness (QED) is 0.756. The first kappa shape index (κ1) is 15.0. The highest BCUT2D eigenvalue weighted by atomic mass is 16.4. The lowest BCUT2D eigenvalue weighted by molar-refractivity contribution is -0.155. The summed E-state index contributed by atoms with van der Waals surface area (Å²) in [5.74, 6) is -1.10. The number of hydrogen-bond acceptors (Lipinski definition) is 3. The van der Waals surface area contributed by atoms with Gasteiger partial charge in [-0.1, -0.05) is 13.3 Å². The van der Waals surface area contributed by atoms with E-state index in [1.165, 1.54) is 4.90 Å². The number of imide groups is 1. The van der Waals surface area contributed by atoms with Crippen molar-refractivity contribution >= 4 is 17.8 Å². The first-order valence-electron chi connectivity index (χ1n) is 7.51. The molecule has 1 saturated heterocycles. The number of carboxylic acids is 1. The zero-order valence-corrected chi connectivity index (χ0v) is 12.2. The van der Waals surface area contributed by atoms with Gasteiger partial charge in [-0.3, -0.25) is 19.3 Å². The summed E-state index contributed by atoms with van der Waals surface area (Å²) in [4.78, 5) is 36.7. The van der Waals surface area contributed by atoms with Gasteiger partial charge in [0.1, 0.15) is 0 Å². The lowest BCUT2D eigenvalue weighted by atomic mass is 9.94. The summed E-state index contributed by atoms with van der Waals surface area (Å²) < 4.78 is 0. The molecule has 4 atom stereocenters. The Balaban J connectivity index is 1.88. The van der Waals surface area contributed by atoms with E-state index >= 15 is 0 Å². The van der Waals surface area contributed by atoms with Crippen molar-refractivity contribution in [3.63, 3.8) is 0 Å². The molecule has 1 heterocycles. The molecule has 1 N–H and O–H groups in total. The summed E-state index contributed by atoms with van der Waals surface area (Å²) in [5.41, 5.74) is 0. The summed E-state index contributed by atoms with van der Waals surface area (Å²) in [6.07, 6.45) is 4.41. The van der Waals surface area contributed by atoms with Gasteiger partial charge < -0.3 is 5.11 Å².